The minimum atomic E-state index is -0.504. The Morgan fingerprint density at radius 1 is 1.50 bits per heavy atom. The summed E-state index contributed by atoms with van der Waals surface area (Å²) < 4.78 is 10.3. The number of aryl methyl sites for hydroxylation is 1. The van der Waals surface area contributed by atoms with Crippen molar-refractivity contribution in [2.45, 2.75) is 6.92 Å². The molecule has 0 heterocycles. The summed E-state index contributed by atoms with van der Waals surface area (Å²) in [6.07, 6.45) is 0. The van der Waals surface area contributed by atoms with Gasteiger partial charge in [0.05, 0.1) is 7.11 Å². The van der Waals surface area contributed by atoms with E-state index in [9.17, 15) is 4.79 Å². The van der Waals surface area contributed by atoms with Gasteiger partial charge < -0.3 is 15.2 Å². The lowest BCUT2D eigenvalue weighted by Gasteiger charge is -2.11. The number of nitrogens with two attached hydrogens (primary N) is 1. The molecule has 0 unspecified atom stereocenters. The molecule has 0 atom stereocenters. The highest BCUT2D eigenvalue weighted by Crippen LogP contribution is 2.29. The van der Waals surface area contributed by atoms with Crippen molar-refractivity contribution >= 4 is 5.91 Å². The number of hydrogen-bond acceptors (Lipinski definition) is 3. The Labute approximate surface area is 82.6 Å². The van der Waals surface area contributed by atoms with Crippen LogP contribution in [0.25, 0.3) is 0 Å². The summed E-state index contributed by atoms with van der Waals surface area (Å²) in [5, 5.41) is 0. The number of rotatable bonds is 4. The van der Waals surface area contributed by atoms with E-state index >= 15 is 0 Å². The molecule has 1 aromatic rings. The molecule has 0 bridgehead atoms. The summed E-state index contributed by atoms with van der Waals surface area (Å²) in [6.45, 7) is 1.74. The Kier molecular flexibility index (Phi) is 3.34. The second-order valence-corrected chi connectivity index (χ2v) is 2.86. The zero-order valence-electron chi connectivity index (χ0n) is 8.24. The van der Waals surface area contributed by atoms with Gasteiger partial charge >= 0.3 is 0 Å². The van der Waals surface area contributed by atoms with E-state index in [1.54, 1.807) is 13.2 Å². The summed E-state index contributed by atoms with van der Waals surface area (Å²) in [4.78, 5) is 10.5. The summed E-state index contributed by atoms with van der Waals surface area (Å²) in [7, 11) is 1.55. The largest absolute Gasteiger partial charge is 0.493 e. The van der Waals surface area contributed by atoms with Crippen molar-refractivity contribution < 1.29 is 14.3 Å². The fourth-order valence-electron chi connectivity index (χ4n) is 1.11. The highest BCUT2D eigenvalue weighted by atomic mass is 16.5. The fourth-order valence-corrected chi connectivity index (χ4v) is 1.11. The van der Waals surface area contributed by atoms with Crippen molar-refractivity contribution in [1.82, 2.24) is 0 Å². The number of hydrogen-bond donors (Lipinski definition) is 1. The third-order valence-electron chi connectivity index (χ3n) is 1.75. The van der Waals surface area contributed by atoms with Gasteiger partial charge in [0, 0.05) is 0 Å². The van der Waals surface area contributed by atoms with Crippen molar-refractivity contribution in [3.8, 4) is 11.5 Å². The lowest BCUT2D eigenvalue weighted by molar-refractivity contribution is -0.119. The maximum Gasteiger partial charge on any atom is 0.255 e. The summed E-state index contributed by atoms with van der Waals surface area (Å²) in [5.74, 6) is 0.662. The lowest BCUT2D eigenvalue weighted by atomic mass is 10.2. The van der Waals surface area contributed by atoms with Crippen molar-refractivity contribution in [3.63, 3.8) is 0 Å². The smallest absolute Gasteiger partial charge is 0.255 e. The fraction of sp³-hybridized carbons (Fsp3) is 0.300. The number of carbonyl (C=O) groups excluding carboxylic acids is 1. The van der Waals surface area contributed by atoms with Gasteiger partial charge in [0.2, 0.25) is 0 Å². The molecular formula is C10H13NO3. The summed E-state index contributed by atoms with van der Waals surface area (Å²) in [6, 6.07) is 5.49. The number of methoxy groups -OCH3 is 1. The van der Waals surface area contributed by atoms with Crippen LogP contribution < -0.4 is 15.2 Å². The van der Waals surface area contributed by atoms with Crippen molar-refractivity contribution in [2.75, 3.05) is 13.7 Å². The number of primary amides is 1. The standard InChI is InChI=1S/C10H13NO3/c1-7-4-3-5-8(13-2)10(7)14-6-9(11)12/h3-5H,6H2,1-2H3,(H2,11,12). The Morgan fingerprint density at radius 3 is 2.79 bits per heavy atom. The number of benzene rings is 1. The van der Waals surface area contributed by atoms with Crippen LogP contribution in [0.5, 0.6) is 11.5 Å². The van der Waals surface area contributed by atoms with E-state index in [-0.39, 0.29) is 6.61 Å². The van der Waals surface area contributed by atoms with E-state index in [2.05, 4.69) is 0 Å². The van der Waals surface area contributed by atoms with Gasteiger partial charge in [0.25, 0.3) is 5.91 Å². The minimum Gasteiger partial charge on any atom is -0.493 e. The first-order chi connectivity index (χ1) is 6.65. The van der Waals surface area contributed by atoms with E-state index in [1.807, 2.05) is 19.1 Å². The molecule has 0 spiro atoms. The average Bonchev–Trinajstić information content (AvgIpc) is 2.15. The molecule has 2 N–H and O–H groups in total. The molecule has 0 aromatic heterocycles. The zero-order chi connectivity index (χ0) is 10.6. The lowest BCUT2D eigenvalue weighted by Crippen LogP contribution is -2.20. The highest BCUT2D eigenvalue weighted by Gasteiger charge is 2.07. The van der Waals surface area contributed by atoms with Crippen molar-refractivity contribution in [3.05, 3.63) is 23.8 Å². The SMILES string of the molecule is COc1cccc(C)c1OCC(N)=O. The monoisotopic (exact) mass is 195 g/mol. The molecule has 1 aromatic carbocycles. The average molecular weight is 195 g/mol. The van der Waals surface area contributed by atoms with E-state index in [0.29, 0.717) is 11.5 Å². The maximum atomic E-state index is 10.5. The molecule has 0 aliphatic carbocycles. The molecule has 14 heavy (non-hydrogen) atoms. The van der Waals surface area contributed by atoms with Crippen LogP contribution in [0.3, 0.4) is 0 Å². The predicted octanol–water partition coefficient (Wildman–Crippen LogP) is 0.868. The van der Waals surface area contributed by atoms with Gasteiger partial charge in [-0.1, -0.05) is 12.1 Å². The number of carbonyl (C=O) groups is 1. The third kappa shape index (κ3) is 2.39. The van der Waals surface area contributed by atoms with Crippen LogP contribution in [-0.2, 0) is 4.79 Å². The van der Waals surface area contributed by atoms with E-state index in [0.717, 1.165) is 5.56 Å². The molecule has 0 fully saturated rings. The van der Waals surface area contributed by atoms with Crippen LogP contribution in [0, 0.1) is 6.92 Å². The van der Waals surface area contributed by atoms with Gasteiger partial charge in [-0.25, -0.2) is 0 Å². The van der Waals surface area contributed by atoms with Crippen LogP contribution in [0.1, 0.15) is 5.56 Å². The Morgan fingerprint density at radius 2 is 2.21 bits per heavy atom. The van der Waals surface area contributed by atoms with Gasteiger partial charge in [-0.05, 0) is 18.6 Å². The number of amides is 1. The third-order valence-corrected chi connectivity index (χ3v) is 1.75. The highest BCUT2D eigenvalue weighted by molar-refractivity contribution is 5.75. The molecule has 4 nitrogen and oxygen atoms in total. The van der Waals surface area contributed by atoms with Gasteiger partial charge in [0.1, 0.15) is 0 Å². The van der Waals surface area contributed by atoms with E-state index in [1.165, 1.54) is 0 Å². The van der Waals surface area contributed by atoms with Crippen LogP contribution >= 0.6 is 0 Å². The molecule has 76 valence electrons. The second-order valence-electron chi connectivity index (χ2n) is 2.86. The first kappa shape index (κ1) is 10.4. The Balaban J connectivity index is 2.87. The first-order valence-corrected chi connectivity index (χ1v) is 4.20. The van der Waals surface area contributed by atoms with E-state index in [4.69, 9.17) is 15.2 Å². The van der Waals surface area contributed by atoms with Crippen LogP contribution in [0.15, 0.2) is 18.2 Å². The molecule has 0 saturated carbocycles. The summed E-state index contributed by atoms with van der Waals surface area (Å²) >= 11 is 0. The van der Waals surface area contributed by atoms with Gasteiger partial charge in [-0.3, -0.25) is 4.79 Å². The Bertz CT molecular complexity index is 336. The topological polar surface area (TPSA) is 61.6 Å². The number of ether oxygens (including phenoxy) is 2. The molecule has 0 aliphatic rings. The molecule has 1 rings (SSSR count). The molecular weight excluding hydrogens is 182 g/mol. The van der Waals surface area contributed by atoms with Gasteiger partial charge in [-0.2, -0.15) is 0 Å². The van der Waals surface area contributed by atoms with Crippen LogP contribution in [0.2, 0.25) is 0 Å². The normalized spacial score (nSPS) is 9.57. The zero-order valence-corrected chi connectivity index (χ0v) is 8.24. The molecule has 0 saturated heterocycles. The van der Waals surface area contributed by atoms with Crippen molar-refractivity contribution in [2.24, 2.45) is 5.73 Å². The van der Waals surface area contributed by atoms with Crippen LogP contribution in [-0.4, -0.2) is 19.6 Å². The van der Waals surface area contributed by atoms with Gasteiger partial charge in [0.15, 0.2) is 18.1 Å². The maximum absolute atomic E-state index is 10.5. The van der Waals surface area contributed by atoms with Gasteiger partial charge in [-0.15, -0.1) is 0 Å². The molecule has 0 radical (unpaired) electrons. The predicted molar refractivity (Wildman–Crippen MR) is 52.4 cm³/mol. The number of para-hydroxylation sites is 1. The van der Waals surface area contributed by atoms with Crippen LogP contribution in [0.4, 0.5) is 0 Å². The molecule has 4 heteroatoms. The Hall–Kier alpha value is -1.71. The molecule has 0 aliphatic heterocycles. The first-order valence-electron chi connectivity index (χ1n) is 4.20. The summed E-state index contributed by atoms with van der Waals surface area (Å²) in [5.41, 5.74) is 5.89. The van der Waals surface area contributed by atoms with E-state index < -0.39 is 5.91 Å². The molecule has 1 amide bonds. The second kappa shape index (κ2) is 4.50. The quantitative estimate of drug-likeness (QED) is 0.775. The minimum absolute atomic E-state index is 0.138. The van der Waals surface area contributed by atoms with Crippen molar-refractivity contribution in [1.29, 1.82) is 0 Å².